The normalized spacial score (nSPS) is 11.0. The van der Waals surface area contributed by atoms with E-state index in [1.165, 1.54) is 6.26 Å². The summed E-state index contributed by atoms with van der Waals surface area (Å²) in [6, 6.07) is 7.18. The number of halogens is 1. The van der Waals surface area contributed by atoms with Gasteiger partial charge in [0.2, 0.25) is 0 Å². The van der Waals surface area contributed by atoms with Gasteiger partial charge in [-0.1, -0.05) is 17.7 Å². The average molecular weight is 260 g/mol. The van der Waals surface area contributed by atoms with E-state index in [1.54, 1.807) is 25.3 Å². The second kappa shape index (κ2) is 4.03. The molecule has 2 aromatic heterocycles. The van der Waals surface area contributed by atoms with Crippen LogP contribution in [0.4, 0.5) is 0 Å². The molecule has 0 unspecified atom stereocenters. The molecule has 4 heteroatoms. The van der Waals surface area contributed by atoms with Crippen LogP contribution < -0.4 is 0 Å². The van der Waals surface area contributed by atoms with Crippen LogP contribution in [-0.2, 0) is 0 Å². The average Bonchev–Trinajstić information content (AvgIpc) is 2.95. The molecule has 0 spiro atoms. The molecule has 0 amide bonds. The first kappa shape index (κ1) is 11.1. The predicted molar refractivity (Wildman–Crippen MR) is 70.2 cm³/mol. The molecule has 2 heterocycles. The summed E-state index contributed by atoms with van der Waals surface area (Å²) in [6.07, 6.45) is 3.20. The van der Waals surface area contributed by atoms with Gasteiger partial charge in [-0.15, -0.1) is 0 Å². The van der Waals surface area contributed by atoms with Gasteiger partial charge in [0.25, 0.3) is 0 Å². The molecular formula is C14H10ClNO2. The Morgan fingerprint density at radius 3 is 2.83 bits per heavy atom. The minimum Gasteiger partial charge on any atom is -0.469 e. The maximum atomic E-state index is 12.4. The van der Waals surface area contributed by atoms with Crippen molar-refractivity contribution in [3.8, 4) is 0 Å². The summed E-state index contributed by atoms with van der Waals surface area (Å²) < 4.78 is 5.16. The number of aromatic nitrogens is 1. The van der Waals surface area contributed by atoms with E-state index in [0.717, 1.165) is 10.9 Å². The monoisotopic (exact) mass is 259 g/mol. The molecule has 0 aliphatic carbocycles. The molecule has 18 heavy (non-hydrogen) atoms. The SMILES string of the molecule is Cc1occc1C(=O)c1c[nH]c2cccc(Cl)c12. The Bertz CT molecular complexity index is 739. The summed E-state index contributed by atoms with van der Waals surface area (Å²) in [5.74, 6) is 0.530. The van der Waals surface area contributed by atoms with Crippen LogP contribution in [0.3, 0.4) is 0 Å². The van der Waals surface area contributed by atoms with Crippen molar-refractivity contribution in [2.45, 2.75) is 6.92 Å². The van der Waals surface area contributed by atoms with Gasteiger partial charge in [0.1, 0.15) is 5.76 Å². The van der Waals surface area contributed by atoms with E-state index in [0.29, 0.717) is 21.9 Å². The van der Waals surface area contributed by atoms with Crippen LogP contribution >= 0.6 is 11.6 Å². The van der Waals surface area contributed by atoms with Crippen molar-refractivity contribution in [2.75, 3.05) is 0 Å². The molecular weight excluding hydrogens is 250 g/mol. The van der Waals surface area contributed by atoms with Crippen molar-refractivity contribution in [1.29, 1.82) is 0 Å². The summed E-state index contributed by atoms with van der Waals surface area (Å²) in [7, 11) is 0. The van der Waals surface area contributed by atoms with Crippen molar-refractivity contribution in [1.82, 2.24) is 4.98 Å². The number of furan rings is 1. The number of hydrogen-bond acceptors (Lipinski definition) is 2. The lowest BCUT2D eigenvalue weighted by Crippen LogP contribution is -2.00. The van der Waals surface area contributed by atoms with Crippen LogP contribution in [0.25, 0.3) is 10.9 Å². The highest BCUT2D eigenvalue weighted by molar-refractivity contribution is 6.37. The van der Waals surface area contributed by atoms with Crippen LogP contribution in [0.2, 0.25) is 5.02 Å². The van der Waals surface area contributed by atoms with Crippen LogP contribution in [0.5, 0.6) is 0 Å². The quantitative estimate of drug-likeness (QED) is 0.708. The zero-order valence-corrected chi connectivity index (χ0v) is 10.4. The number of hydrogen-bond donors (Lipinski definition) is 1. The standard InChI is InChI=1S/C14H10ClNO2/c1-8-9(5-6-18-8)14(17)10-7-16-12-4-2-3-11(15)13(10)12/h2-7,16H,1H3. The third-order valence-electron chi connectivity index (χ3n) is 3.00. The van der Waals surface area contributed by atoms with E-state index >= 15 is 0 Å². The molecule has 90 valence electrons. The smallest absolute Gasteiger partial charge is 0.198 e. The van der Waals surface area contributed by atoms with Gasteiger partial charge in [0, 0.05) is 22.7 Å². The summed E-state index contributed by atoms with van der Waals surface area (Å²) >= 11 is 6.15. The van der Waals surface area contributed by atoms with Crippen molar-refractivity contribution in [3.05, 3.63) is 58.6 Å². The number of H-pyrrole nitrogens is 1. The fourth-order valence-electron chi connectivity index (χ4n) is 2.08. The van der Waals surface area contributed by atoms with E-state index in [-0.39, 0.29) is 5.78 Å². The summed E-state index contributed by atoms with van der Waals surface area (Å²) in [5.41, 5.74) is 1.99. The number of fused-ring (bicyclic) bond motifs is 1. The van der Waals surface area contributed by atoms with E-state index in [2.05, 4.69) is 4.98 Å². The number of aryl methyl sites for hydroxylation is 1. The van der Waals surface area contributed by atoms with Crippen LogP contribution in [0.1, 0.15) is 21.7 Å². The first-order valence-electron chi connectivity index (χ1n) is 5.53. The second-order valence-electron chi connectivity index (χ2n) is 4.08. The van der Waals surface area contributed by atoms with Gasteiger partial charge in [0.15, 0.2) is 5.78 Å². The van der Waals surface area contributed by atoms with E-state index in [4.69, 9.17) is 16.0 Å². The lowest BCUT2D eigenvalue weighted by Gasteiger charge is -1.99. The Balaban J connectivity index is 2.22. The van der Waals surface area contributed by atoms with Crippen molar-refractivity contribution in [3.63, 3.8) is 0 Å². The van der Waals surface area contributed by atoms with E-state index in [9.17, 15) is 4.79 Å². The molecule has 1 aromatic carbocycles. The zero-order valence-electron chi connectivity index (χ0n) is 9.66. The number of benzene rings is 1. The molecule has 0 aliphatic heterocycles. The fourth-order valence-corrected chi connectivity index (χ4v) is 2.36. The number of rotatable bonds is 2. The van der Waals surface area contributed by atoms with Crippen LogP contribution in [-0.4, -0.2) is 10.8 Å². The van der Waals surface area contributed by atoms with Crippen molar-refractivity contribution >= 4 is 28.3 Å². The molecule has 0 bridgehead atoms. The topological polar surface area (TPSA) is 46.0 Å². The molecule has 0 fully saturated rings. The van der Waals surface area contributed by atoms with Gasteiger partial charge in [0.05, 0.1) is 16.8 Å². The molecule has 3 rings (SSSR count). The Hall–Kier alpha value is -2.00. The summed E-state index contributed by atoms with van der Waals surface area (Å²) in [5, 5.41) is 1.32. The van der Waals surface area contributed by atoms with Gasteiger partial charge >= 0.3 is 0 Å². The number of nitrogens with one attached hydrogen (secondary N) is 1. The summed E-state index contributed by atoms with van der Waals surface area (Å²) in [4.78, 5) is 15.5. The molecule has 0 saturated carbocycles. The van der Waals surface area contributed by atoms with Crippen LogP contribution in [0, 0.1) is 6.92 Å². The molecule has 1 N–H and O–H groups in total. The van der Waals surface area contributed by atoms with Gasteiger partial charge in [-0.25, -0.2) is 0 Å². The maximum absolute atomic E-state index is 12.4. The first-order valence-corrected chi connectivity index (χ1v) is 5.90. The number of ketones is 1. The fraction of sp³-hybridized carbons (Fsp3) is 0.0714. The van der Waals surface area contributed by atoms with E-state index in [1.807, 2.05) is 12.1 Å². The molecule has 0 aliphatic rings. The minimum absolute atomic E-state index is 0.0828. The maximum Gasteiger partial charge on any atom is 0.198 e. The number of carbonyl (C=O) groups excluding carboxylic acids is 1. The summed E-state index contributed by atoms with van der Waals surface area (Å²) in [6.45, 7) is 1.77. The largest absolute Gasteiger partial charge is 0.469 e. The lowest BCUT2D eigenvalue weighted by atomic mass is 10.0. The first-order chi connectivity index (χ1) is 8.68. The van der Waals surface area contributed by atoms with Crippen molar-refractivity contribution < 1.29 is 9.21 Å². The van der Waals surface area contributed by atoms with Crippen molar-refractivity contribution in [2.24, 2.45) is 0 Å². The molecule has 0 radical (unpaired) electrons. The molecule has 3 aromatic rings. The zero-order chi connectivity index (χ0) is 12.7. The third-order valence-corrected chi connectivity index (χ3v) is 3.32. The highest BCUT2D eigenvalue weighted by Crippen LogP contribution is 2.28. The second-order valence-corrected chi connectivity index (χ2v) is 4.49. The predicted octanol–water partition coefficient (Wildman–Crippen LogP) is 3.95. The molecule has 0 saturated heterocycles. The van der Waals surface area contributed by atoms with E-state index < -0.39 is 0 Å². The molecule has 0 atom stereocenters. The highest BCUT2D eigenvalue weighted by Gasteiger charge is 2.18. The van der Waals surface area contributed by atoms with Gasteiger partial charge < -0.3 is 9.40 Å². The Morgan fingerprint density at radius 2 is 2.11 bits per heavy atom. The Kier molecular flexibility index (Phi) is 2.49. The Labute approximate surface area is 108 Å². The van der Waals surface area contributed by atoms with Crippen LogP contribution in [0.15, 0.2) is 41.1 Å². The minimum atomic E-state index is -0.0828. The van der Waals surface area contributed by atoms with Gasteiger partial charge in [-0.2, -0.15) is 0 Å². The molecule has 3 nitrogen and oxygen atoms in total. The van der Waals surface area contributed by atoms with Gasteiger partial charge in [-0.3, -0.25) is 4.79 Å². The highest BCUT2D eigenvalue weighted by atomic mass is 35.5. The third kappa shape index (κ3) is 1.56. The van der Waals surface area contributed by atoms with Gasteiger partial charge in [-0.05, 0) is 25.1 Å². The number of aromatic amines is 1. The lowest BCUT2D eigenvalue weighted by molar-refractivity contribution is 0.103. The Morgan fingerprint density at radius 1 is 1.28 bits per heavy atom. The number of carbonyl (C=O) groups is 1.